The van der Waals surface area contributed by atoms with Crippen LogP contribution in [0.15, 0.2) is 48.5 Å². The van der Waals surface area contributed by atoms with Crippen LogP contribution in [0.3, 0.4) is 0 Å². The van der Waals surface area contributed by atoms with E-state index in [4.69, 9.17) is 0 Å². The molecule has 0 saturated heterocycles. The SMILES string of the molecule is Cc1[nH]c2ccccc2c1C(=O)C(=O)NCc1ccc(COCC(F)(F)F)cc1. The molecule has 0 spiro atoms. The molecule has 1 amide bonds. The zero-order valence-electron chi connectivity index (χ0n) is 15.6. The predicted octanol–water partition coefficient (Wildman–Crippen LogP) is 4.05. The molecule has 0 bridgehead atoms. The summed E-state index contributed by atoms with van der Waals surface area (Å²) in [5.74, 6) is -1.35. The zero-order chi connectivity index (χ0) is 21.0. The molecule has 1 aromatic heterocycles. The van der Waals surface area contributed by atoms with Crippen LogP contribution in [0.4, 0.5) is 13.2 Å². The topological polar surface area (TPSA) is 71.2 Å². The Morgan fingerprint density at radius 1 is 1.03 bits per heavy atom. The number of Topliss-reactive ketones (excluding diaryl/α,β-unsaturated/α-hetero) is 1. The highest BCUT2D eigenvalue weighted by Gasteiger charge is 2.27. The summed E-state index contributed by atoms with van der Waals surface area (Å²) < 4.78 is 40.8. The number of carbonyl (C=O) groups excluding carboxylic acids is 2. The second-order valence-corrected chi connectivity index (χ2v) is 6.61. The molecule has 29 heavy (non-hydrogen) atoms. The van der Waals surface area contributed by atoms with Crippen molar-refractivity contribution in [3.8, 4) is 0 Å². The summed E-state index contributed by atoms with van der Waals surface area (Å²) in [5.41, 5.74) is 3.03. The number of halogens is 3. The lowest BCUT2D eigenvalue weighted by atomic mass is 10.1. The van der Waals surface area contributed by atoms with Crippen LogP contribution in [0, 0.1) is 6.92 Å². The lowest BCUT2D eigenvalue weighted by molar-refractivity contribution is -0.176. The van der Waals surface area contributed by atoms with E-state index in [9.17, 15) is 22.8 Å². The third-order valence-electron chi connectivity index (χ3n) is 4.34. The molecule has 0 aliphatic rings. The number of ether oxygens (including phenoxy) is 1. The summed E-state index contributed by atoms with van der Waals surface area (Å²) in [6, 6.07) is 13.8. The highest BCUT2D eigenvalue weighted by Crippen LogP contribution is 2.22. The van der Waals surface area contributed by atoms with Gasteiger partial charge in [0.25, 0.3) is 11.7 Å². The molecule has 0 radical (unpaired) electrons. The van der Waals surface area contributed by atoms with Gasteiger partial charge in [-0.15, -0.1) is 0 Å². The molecule has 8 heteroatoms. The zero-order valence-corrected chi connectivity index (χ0v) is 15.6. The Labute approximate surface area is 164 Å². The molecule has 5 nitrogen and oxygen atoms in total. The second kappa shape index (κ2) is 8.48. The molecule has 0 saturated carbocycles. The van der Waals surface area contributed by atoms with Crippen molar-refractivity contribution < 1.29 is 27.5 Å². The minimum atomic E-state index is -4.36. The summed E-state index contributed by atoms with van der Waals surface area (Å²) in [6.45, 7) is 0.389. The van der Waals surface area contributed by atoms with E-state index in [1.54, 1.807) is 43.3 Å². The van der Waals surface area contributed by atoms with Gasteiger partial charge >= 0.3 is 6.18 Å². The molecule has 0 fully saturated rings. The quantitative estimate of drug-likeness (QED) is 0.461. The number of fused-ring (bicyclic) bond motifs is 1. The van der Waals surface area contributed by atoms with Gasteiger partial charge in [0, 0.05) is 23.1 Å². The number of H-pyrrole nitrogens is 1. The molecule has 152 valence electrons. The van der Waals surface area contributed by atoms with E-state index >= 15 is 0 Å². The van der Waals surface area contributed by atoms with Crippen LogP contribution in [0.25, 0.3) is 10.9 Å². The summed E-state index contributed by atoms with van der Waals surface area (Å²) in [5, 5.41) is 3.27. The Kier molecular flexibility index (Phi) is 6.03. The molecule has 0 aliphatic carbocycles. The largest absolute Gasteiger partial charge is 0.411 e. The fraction of sp³-hybridized carbons (Fsp3) is 0.238. The Morgan fingerprint density at radius 2 is 1.69 bits per heavy atom. The lowest BCUT2D eigenvalue weighted by Gasteiger charge is -2.09. The monoisotopic (exact) mass is 404 g/mol. The molecule has 1 heterocycles. The van der Waals surface area contributed by atoms with Crippen molar-refractivity contribution in [3.05, 3.63) is 70.9 Å². The van der Waals surface area contributed by atoms with E-state index in [1.165, 1.54) is 0 Å². The first kappa shape index (κ1) is 20.6. The van der Waals surface area contributed by atoms with E-state index in [0.717, 1.165) is 5.52 Å². The Balaban J connectivity index is 1.57. The first-order valence-corrected chi connectivity index (χ1v) is 8.87. The molecule has 3 rings (SSSR count). The Hall–Kier alpha value is -3.13. The number of para-hydroxylation sites is 1. The van der Waals surface area contributed by atoms with Crippen LogP contribution >= 0.6 is 0 Å². The third kappa shape index (κ3) is 5.23. The summed E-state index contributed by atoms with van der Waals surface area (Å²) in [6.07, 6.45) is -4.36. The summed E-state index contributed by atoms with van der Waals surface area (Å²) in [4.78, 5) is 28.0. The van der Waals surface area contributed by atoms with Gasteiger partial charge in [-0.3, -0.25) is 9.59 Å². The van der Waals surface area contributed by atoms with Crippen molar-refractivity contribution in [2.45, 2.75) is 26.3 Å². The standard InChI is InChI=1S/C21H19F3N2O3/c1-13-18(16-4-2-3-5-17(16)26-13)19(27)20(28)25-10-14-6-8-15(9-7-14)11-29-12-21(22,23)24/h2-9,26H,10-12H2,1H3,(H,25,28). The number of alkyl halides is 3. The van der Waals surface area contributed by atoms with Crippen molar-refractivity contribution in [1.29, 1.82) is 0 Å². The average Bonchev–Trinajstić information content (AvgIpc) is 3.01. The van der Waals surface area contributed by atoms with Gasteiger partial charge in [0.2, 0.25) is 0 Å². The van der Waals surface area contributed by atoms with E-state index in [-0.39, 0.29) is 13.2 Å². The number of ketones is 1. The van der Waals surface area contributed by atoms with E-state index in [1.807, 2.05) is 12.1 Å². The highest BCUT2D eigenvalue weighted by atomic mass is 19.4. The molecule has 0 aliphatic heterocycles. The van der Waals surface area contributed by atoms with Crippen LogP contribution in [0.5, 0.6) is 0 Å². The second-order valence-electron chi connectivity index (χ2n) is 6.61. The van der Waals surface area contributed by atoms with Crippen molar-refractivity contribution in [1.82, 2.24) is 10.3 Å². The summed E-state index contributed by atoms with van der Waals surface area (Å²) >= 11 is 0. The van der Waals surface area contributed by atoms with Crippen molar-refractivity contribution in [2.24, 2.45) is 0 Å². The first-order chi connectivity index (χ1) is 13.7. The number of aromatic nitrogens is 1. The molecule has 2 N–H and O–H groups in total. The van der Waals surface area contributed by atoms with Crippen molar-refractivity contribution >= 4 is 22.6 Å². The van der Waals surface area contributed by atoms with Gasteiger partial charge in [-0.25, -0.2) is 0 Å². The average molecular weight is 404 g/mol. The number of benzene rings is 2. The summed E-state index contributed by atoms with van der Waals surface area (Å²) in [7, 11) is 0. The van der Waals surface area contributed by atoms with Crippen LogP contribution < -0.4 is 5.32 Å². The van der Waals surface area contributed by atoms with Crippen molar-refractivity contribution in [2.75, 3.05) is 6.61 Å². The normalized spacial score (nSPS) is 11.6. The fourth-order valence-electron chi connectivity index (χ4n) is 2.98. The first-order valence-electron chi connectivity index (χ1n) is 8.87. The fourth-order valence-corrected chi connectivity index (χ4v) is 2.98. The Morgan fingerprint density at radius 3 is 2.38 bits per heavy atom. The Bertz CT molecular complexity index is 1020. The van der Waals surface area contributed by atoms with Crippen LogP contribution in [-0.4, -0.2) is 29.5 Å². The van der Waals surface area contributed by atoms with Gasteiger partial charge in [0.1, 0.15) is 6.61 Å². The number of aryl methyl sites for hydroxylation is 1. The number of carbonyl (C=O) groups is 2. The molecular formula is C21H19F3N2O3. The maximum Gasteiger partial charge on any atom is 0.411 e. The minimum Gasteiger partial charge on any atom is -0.367 e. The molecule has 0 unspecified atom stereocenters. The predicted molar refractivity (Wildman–Crippen MR) is 101 cm³/mol. The number of aromatic amines is 1. The van der Waals surface area contributed by atoms with Crippen LogP contribution in [0.2, 0.25) is 0 Å². The van der Waals surface area contributed by atoms with Gasteiger partial charge in [0.15, 0.2) is 0 Å². The number of amides is 1. The van der Waals surface area contributed by atoms with E-state index in [2.05, 4.69) is 15.0 Å². The minimum absolute atomic E-state index is 0.121. The number of nitrogens with one attached hydrogen (secondary N) is 2. The van der Waals surface area contributed by atoms with Gasteiger partial charge < -0.3 is 15.0 Å². The van der Waals surface area contributed by atoms with Gasteiger partial charge in [-0.1, -0.05) is 42.5 Å². The van der Waals surface area contributed by atoms with E-state index in [0.29, 0.717) is 27.8 Å². The molecule has 0 atom stereocenters. The number of hydrogen-bond acceptors (Lipinski definition) is 3. The van der Waals surface area contributed by atoms with E-state index < -0.39 is 24.5 Å². The maximum absolute atomic E-state index is 12.6. The smallest absolute Gasteiger partial charge is 0.367 e. The van der Waals surface area contributed by atoms with Gasteiger partial charge in [-0.2, -0.15) is 13.2 Å². The van der Waals surface area contributed by atoms with Crippen LogP contribution in [-0.2, 0) is 22.7 Å². The van der Waals surface area contributed by atoms with Crippen LogP contribution in [0.1, 0.15) is 27.2 Å². The number of rotatable bonds is 7. The van der Waals surface area contributed by atoms with Crippen molar-refractivity contribution in [3.63, 3.8) is 0 Å². The maximum atomic E-state index is 12.6. The van der Waals surface area contributed by atoms with Gasteiger partial charge in [0.05, 0.1) is 12.2 Å². The lowest BCUT2D eigenvalue weighted by Crippen LogP contribution is -2.30. The molecule has 2 aromatic carbocycles. The van der Waals surface area contributed by atoms with Gasteiger partial charge in [-0.05, 0) is 24.1 Å². The number of hydrogen-bond donors (Lipinski definition) is 2. The third-order valence-corrected chi connectivity index (χ3v) is 4.34. The molecule has 3 aromatic rings. The molecular weight excluding hydrogens is 385 g/mol. The highest BCUT2D eigenvalue weighted by molar-refractivity contribution is 6.45.